The number of carbonyl (C=O) groups excluding carboxylic acids is 2. The van der Waals surface area contributed by atoms with Crippen LogP contribution in [0.3, 0.4) is 0 Å². The number of amides is 1. The third kappa shape index (κ3) is 7.87. The second-order valence-electron chi connectivity index (χ2n) is 7.61. The number of sulfonamides is 1. The Morgan fingerprint density at radius 1 is 0.917 bits per heavy atom. The number of hydrogen-bond donors (Lipinski definition) is 2. The number of anilines is 2. The van der Waals surface area contributed by atoms with Crippen molar-refractivity contribution in [2.24, 2.45) is 0 Å². The Hall–Kier alpha value is -3.27. The first-order valence-electron chi connectivity index (χ1n) is 11.0. The van der Waals surface area contributed by atoms with Crippen LogP contribution in [-0.2, 0) is 19.6 Å². The van der Waals surface area contributed by atoms with E-state index in [1.807, 2.05) is 6.92 Å². The zero-order valence-corrected chi connectivity index (χ0v) is 21.6. The van der Waals surface area contributed by atoms with Gasteiger partial charge in [-0.2, -0.15) is 0 Å². The summed E-state index contributed by atoms with van der Waals surface area (Å²) in [6, 6.07) is 16.4. The molecule has 36 heavy (non-hydrogen) atoms. The summed E-state index contributed by atoms with van der Waals surface area (Å²) in [5.41, 5.74) is 1.19. The third-order valence-electron chi connectivity index (χ3n) is 4.80. The van der Waals surface area contributed by atoms with Gasteiger partial charge in [-0.25, -0.2) is 13.2 Å². The van der Waals surface area contributed by atoms with Crippen molar-refractivity contribution in [1.82, 2.24) is 0 Å². The molecule has 3 aromatic carbocycles. The highest BCUT2D eigenvalue weighted by atomic mass is 35.5. The molecule has 0 bridgehead atoms. The van der Waals surface area contributed by atoms with E-state index >= 15 is 0 Å². The minimum Gasteiger partial charge on any atom is -0.482 e. The van der Waals surface area contributed by atoms with Gasteiger partial charge in [0.25, 0.3) is 15.9 Å². The van der Waals surface area contributed by atoms with Gasteiger partial charge in [-0.3, -0.25) is 9.52 Å². The molecular formula is C25H24Cl2N2O6S. The molecule has 0 atom stereocenters. The first kappa shape index (κ1) is 27.3. The van der Waals surface area contributed by atoms with Crippen LogP contribution in [0, 0.1) is 0 Å². The van der Waals surface area contributed by atoms with E-state index < -0.39 is 21.9 Å². The predicted molar refractivity (Wildman–Crippen MR) is 139 cm³/mol. The van der Waals surface area contributed by atoms with Crippen LogP contribution < -0.4 is 14.8 Å². The fourth-order valence-corrected chi connectivity index (χ4v) is 4.43. The molecule has 0 saturated heterocycles. The Labute approximate surface area is 219 Å². The number of carbonyl (C=O) groups is 2. The second kappa shape index (κ2) is 12.6. The van der Waals surface area contributed by atoms with Crippen LogP contribution in [0.5, 0.6) is 5.75 Å². The molecule has 0 aliphatic carbocycles. The second-order valence-corrected chi connectivity index (χ2v) is 10.1. The van der Waals surface area contributed by atoms with Crippen molar-refractivity contribution in [3.05, 3.63) is 82.3 Å². The highest BCUT2D eigenvalue weighted by molar-refractivity contribution is 7.92. The number of hydrogen-bond acceptors (Lipinski definition) is 6. The molecule has 3 rings (SSSR count). The quantitative estimate of drug-likeness (QED) is 0.231. The van der Waals surface area contributed by atoms with Gasteiger partial charge in [0.1, 0.15) is 5.75 Å². The molecule has 0 spiro atoms. The SMILES string of the molecule is CCCCOC(=O)c1ccc(NC(=O)COc2ccc(S(=O)(=O)Nc3ccc(Cl)cc3)cc2Cl)cc1. The van der Waals surface area contributed by atoms with Gasteiger partial charge in [-0.1, -0.05) is 36.5 Å². The van der Waals surface area contributed by atoms with E-state index in [-0.39, 0.29) is 22.3 Å². The average Bonchev–Trinajstić information content (AvgIpc) is 2.85. The van der Waals surface area contributed by atoms with Crippen LogP contribution >= 0.6 is 23.2 Å². The number of rotatable bonds is 11. The summed E-state index contributed by atoms with van der Waals surface area (Å²) < 4.78 is 38.2. The molecule has 0 fully saturated rings. The Kier molecular flexibility index (Phi) is 9.58. The molecule has 0 unspecified atom stereocenters. The number of halogens is 2. The fraction of sp³-hybridized carbons (Fsp3) is 0.200. The zero-order valence-electron chi connectivity index (χ0n) is 19.3. The number of ether oxygens (including phenoxy) is 2. The fourth-order valence-electron chi connectivity index (χ4n) is 2.92. The molecule has 0 aliphatic heterocycles. The van der Waals surface area contributed by atoms with Crippen molar-refractivity contribution in [1.29, 1.82) is 0 Å². The Morgan fingerprint density at radius 3 is 2.22 bits per heavy atom. The molecule has 190 valence electrons. The maximum Gasteiger partial charge on any atom is 0.338 e. The van der Waals surface area contributed by atoms with Gasteiger partial charge in [0, 0.05) is 16.4 Å². The van der Waals surface area contributed by atoms with Crippen molar-refractivity contribution < 1.29 is 27.5 Å². The monoisotopic (exact) mass is 550 g/mol. The Balaban J connectivity index is 1.54. The lowest BCUT2D eigenvalue weighted by molar-refractivity contribution is -0.118. The summed E-state index contributed by atoms with van der Waals surface area (Å²) in [5, 5.41) is 3.14. The van der Waals surface area contributed by atoms with Gasteiger partial charge in [0.2, 0.25) is 0 Å². The van der Waals surface area contributed by atoms with E-state index in [1.54, 1.807) is 36.4 Å². The Bertz CT molecular complexity index is 1310. The standard InChI is InChI=1S/C25H24Cl2N2O6S/c1-2-3-14-34-25(31)17-4-8-19(9-5-17)28-24(30)16-35-23-13-12-21(15-22(23)27)36(32,33)29-20-10-6-18(26)7-11-20/h4-13,15,29H,2-3,14,16H2,1H3,(H,28,30). The summed E-state index contributed by atoms with van der Waals surface area (Å²) in [6.07, 6.45) is 1.72. The number of esters is 1. The lowest BCUT2D eigenvalue weighted by atomic mass is 10.2. The maximum atomic E-state index is 12.6. The van der Waals surface area contributed by atoms with Crippen LogP contribution in [0.1, 0.15) is 30.1 Å². The van der Waals surface area contributed by atoms with Crippen LogP contribution in [0.15, 0.2) is 71.6 Å². The first-order valence-corrected chi connectivity index (χ1v) is 13.2. The maximum absolute atomic E-state index is 12.6. The van der Waals surface area contributed by atoms with E-state index in [0.29, 0.717) is 28.6 Å². The van der Waals surface area contributed by atoms with Gasteiger partial charge in [-0.05, 0) is 73.2 Å². The van der Waals surface area contributed by atoms with Crippen molar-refractivity contribution in [2.45, 2.75) is 24.7 Å². The van der Waals surface area contributed by atoms with Crippen LogP contribution in [-0.4, -0.2) is 33.5 Å². The molecule has 0 radical (unpaired) electrons. The van der Waals surface area contributed by atoms with Gasteiger partial charge >= 0.3 is 5.97 Å². The van der Waals surface area contributed by atoms with Crippen LogP contribution in [0.4, 0.5) is 11.4 Å². The van der Waals surface area contributed by atoms with Crippen molar-refractivity contribution in [3.63, 3.8) is 0 Å². The highest BCUT2D eigenvalue weighted by Crippen LogP contribution is 2.28. The van der Waals surface area contributed by atoms with Crippen molar-refractivity contribution in [2.75, 3.05) is 23.3 Å². The molecule has 8 nitrogen and oxygen atoms in total. The van der Waals surface area contributed by atoms with E-state index in [1.165, 1.54) is 30.3 Å². The number of nitrogens with one attached hydrogen (secondary N) is 2. The lowest BCUT2D eigenvalue weighted by Gasteiger charge is -2.12. The normalized spacial score (nSPS) is 11.0. The van der Waals surface area contributed by atoms with E-state index in [0.717, 1.165) is 12.8 Å². The van der Waals surface area contributed by atoms with Crippen molar-refractivity contribution >= 4 is 56.5 Å². The third-order valence-corrected chi connectivity index (χ3v) is 6.73. The van der Waals surface area contributed by atoms with Crippen molar-refractivity contribution in [3.8, 4) is 5.75 Å². The molecule has 0 aromatic heterocycles. The predicted octanol–water partition coefficient (Wildman–Crippen LogP) is 5.77. The van der Waals surface area contributed by atoms with Gasteiger partial charge < -0.3 is 14.8 Å². The van der Waals surface area contributed by atoms with E-state index in [2.05, 4.69) is 10.0 Å². The molecule has 0 saturated carbocycles. The van der Waals surface area contributed by atoms with Crippen LogP contribution in [0.25, 0.3) is 0 Å². The summed E-state index contributed by atoms with van der Waals surface area (Å²) in [5.74, 6) is -0.749. The number of benzene rings is 3. The molecule has 11 heteroatoms. The van der Waals surface area contributed by atoms with E-state index in [4.69, 9.17) is 32.7 Å². The van der Waals surface area contributed by atoms with E-state index in [9.17, 15) is 18.0 Å². The lowest BCUT2D eigenvalue weighted by Crippen LogP contribution is -2.20. The van der Waals surface area contributed by atoms with Gasteiger partial charge in [0.05, 0.1) is 22.1 Å². The molecular weight excluding hydrogens is 527 g/mol. The molecule has 0 heterocycles. The first-order chi connectivity index (χ1) is 17.2. The van der Waals surface area contributed by atoms with Gasteiger partial charge in [-0.15, -0.1) is 0 Å². The smallest absolute Gasteiger partial charge is 0.338 e. The largest absolute Gasteiger partial charge is 0.482 e. The summed E-state index contributed by atoms with van der Waals surface area (Å²) in [6.45, 7) is 2.00. The summed E-state index contributed by atoms with van der Waals surface area (Å²) in [7, 11) is -3.90. The molecule has 2 N–H and O–H groups in total. The van der Waals surface area contributed by atoms with Crippen LogP contribution in [0.2, 0.25) is 10.0 Å². The topological polar surface area (TPSA) is 111 Å². The zero-order chi connectivity index (χ0) is 26.1. The molecule has 1 amide bonds. The number of unbranched alkanes of at least 4 members (excludes halogenated alkanes) is 1. The minimum absolute atomic E-state index is 0.0210. The minimum atomic E-state index is -3.90. The summed E-state index contributed by atoms with van der Waals surface area (Å²) in [4.78, 5) is 24.1. The average molecular weight is 551 g/mol. The molecule has 0 aliphatic rings. The summed E-state index contributed by atoms with van der Waals surface area (Å²) >= 11 is 12.0. The Morgan fingerprint density at radius 2 is 1.58 bits per heavy atom. The molecule has 3 aromatic rings. The van der Waals surface area contributed by atoms with Gasteiger partial charge in [0.15, 0.2) is 6.61 Å². The highest BCUT2D eigenvalue weighted by Gasteiger charge is 2.17.